The molecule has 0 fully saturated rings. The quantitative estimate of drug-likeness (QED) is 0.754. The molecule has 3 N–H and O–H groups in total. The second-order valence-electron chi connectivity index (χ2n) is 5.33. The zero-order valence-electron chi connectivity index (χ0n) is 11.7. The first-order valence-electron chi connectivity index (χ1n) is 6.94. The number of fused-ring (bicyclic) bond motifs is 3. The number of aliphatic hydroxyl groups excluding tert-OH is 1. The lowest BCUT2D eigenvalue weighted by Gasteiger charge is -2.14. The summed E-state index contributed by atoms with van der Waals surface area (Å²) in [6.07, 6.45) is -0.970. The number of benzene rings is 2. The van der Waals surface area contributed by atoms with Crippen LogP contribution in [0.3, 0.4) is 0 Å². The predicted octanol–water partition coefficient (Wildman–Crippen LogP) is 2.48. The van der Waals surface area contributed by atoms with Gasteiger partial charge >= 0.3 is 5.97 Å². The molecule has 1 aliphatic rings. The Kier molecular flexibility index (Phi) is 3.49. The third-order valence-electron chi connectivity index (χ3n) is 4.02. The summed E-state index contributed by atoms with van der Waals surface area (Å²) in [5.74, 6) is -0.709. The van der Waals surface area contributed by atoms with Gasteiger partial charge in [-0.05, 0) is 27.8 Å². The first-order valence-corrected chi connectivity index (χ1v) is 6.94. The summed E-state index contributed by atoms with van der Waals surface area (Å²) in [6, 6.07) is 14.1. The molecule has 0 aromatic heterocycles. The molecule has 0 spiro atoms. The van der Waals surface area contributed by atoms with Crippen molar-refractivity contribution in [1.82, 2.24) is 5.32 Å². The van der Waals surface area contributed by atoms with E-state index in [0.717, 1.165) is 0 Å². The molecule has 108 valence electrons. The maximum Gasteiger partial charge on any atom is 0.317 e. The van der Waals surface area contributed by atoms with Gasteiger partial charge in [0.25, 0.3) is 0 Å². The Morgan fingerprint density at radius 1 is 1.19 bits per heavy atom. The van der Waals surface area contributed by atoms with E-state index in [-0.39, 0.29) is 12.5 Å². The van der Waals surface area contributed by atoms with E-state index in [4.69, 9.17) is 5.11 Å². The second kappa shape index (κ2) is 5.31. The molecule has 3 rings (SSSR count). The van der Waals surface area contributed by atoms with Crippen molar-refractivity contribution in [3.05, 3.63) is 59.2 Å². The Morgan fingerprint density at radius 3 is 2.67 bits per heavy atom. The van der Waals surface area contributed by atoms with Crippen molar-refractivity contribution in [3.63, 3.8) is 0 Å². The molecule has 4 heteroatoms. The molecular formula is C17H17NO3. The topological polar surface area (TPSA) is 69.6 Å². The summed E-state index contributed by atoms with van der Waals surface area (Å²) < 4.78 is 0. The summed E-state index contributed by atoms with van der Waals surface area (Å²) in [7, 11) is 0. The van der Waals surface area contributed by atoms with Gasteiger partial charge in [0, 0.05) is 5.92 Å². The van der Waals surface area contributed by atoms with Crippen LogP contribution in [-0.4, -0.2) is 22.7 Å². The van der Waals surface area contributed by atoms with E-state index in [1.165, 1.54) is 22.3 Å². The normalized spacial score (nSPS) is 17.1. The molecule has 0 amide bonds. The average molecular weight is 283 g/mol. The van der Waals surface area contributed by atoms with Crippen LogP contribution in [0.25, 0.3) is 11.1 Å². The molecule has 1 aliphatic carbocycles. The SMILES string of the molecule is CC1c2ccccc2-c2ccc(C(O)NCC(=O)O)cc21. The number of nitrogens with one attached hydrogen (secondary N) is 1. The molecule has 0 radical (unpaired) electrons. The molecule has 0 bridgehead atoms. The van der Waals surface area contributed by atoms with E-state index in [1.54, 1.807) is 0 Å². The zero-order valence-corrected chi connectivity index (χ0v) is 11.7. The lowest BCUT2D eigenvalue weighted by Crippen LogP contribution is -2.27. The molecule has 2 atom stereocenters. The molecule has 2 aromatic carbocycles. The Morgan fingerprint density at radius 2 is 1.90 bits per heavy atom. The molecule has 21 heavy (non-hydrogen) atoms. The Hall–Kier alpha value is -2.17. The molecule has 4 nitrogen and oxygen atoms in total. The largest absolute Gasteiger partial charge is 0.480 e. The highest BCUT2D eigenvalue weighted by atomic mass is 16.4. The van der Waals surface area contributed by atoms with E-state index in [1.807, 2.05) is 30.3 Å². The van der Waals surface area contributed by atoms with Gasteiger partial charge in [0.15, 0.2) is 0 Å². The lowest BCUT2D eigenvalue weighted by molar-refractivity contribution is -0.136. The van der Waals surface area contributed by atoms with Gasteiger partial charge in [0.2, 0.25) is 0 Å². The van der Waals surface area contributed by atoms with E-state index in [2.05, 4.69) is 24.4 Å². The fourth-order valence-corrected chi connectivity index (χ4v) is 2.94. The number of aliphatic carboxylic acids is 1. The Bertz CT molecular complexity index is 696. The number of hydrogen-bond acceptors (Lipinski definition) is 3. The van der Waals surface area contributed by atoms with E-state index < -0.39 is 12.2 Å². The van der Waals surface area contributed by atoms with Gasteiger partial charge in [0.1, 0.15) is 6.23 Å². The molecule has 2 aromatic rings. The van der Waals surface area contributed by atoms with Crippen molar-refractivity contribution in [3.8, 4) is 11.1 Å². The molecular weight excluding hydrogens is 266 g/mol. The van der Waals surface area contributed by atoms with Crippen LogP contribution < -0.4 is 5.32 Å². The molecule has 0 aliphatic heterocycles. The second-order valence-corrected chi connectivity index (χ2v) is 5.33. The lowest BCUT2D eigenvalue weighted by atomic mass is 9.97. The summed E-state index contributed by atoms with van der Waals surface area (Å²) in [5, 5.41) is 21.3. The smallest absolute Gasteiger partial charge is 0.317 e. The molecule has 0 heterocycles. The summed E-state index contributed by atoms with van der Waals surface area (Å²) in [4.78, 5) is 10.5. The van der Waals surface area contributed by atoms with Crippen LogP contribution in [0, 0.1) is 0 Å². The van der Waals surface area contributed by atoms with Gasteiger partial charge in [-0.3, -0.25) is 10.1 Å². The van der Waals surface area contributed by atoms with E-state index in [0.29, 0.717) is 5.56 Å². The fraction of sp³-hybridized carbons (Fsp3) is 0.235. The maximum absolute atomic E-state index is 10.5. The monoisotopic (exact) mass is 283 g/mol. The summed E-state index contributed by atoms with van der Waals surface area (Å²) in [5.41, 5.74) is 5.57. The Labute approximate surface area is 123 Å². The van der Waals surface area contributed by atoms with Crippen molar-refractivity contribution in [1.29, 1.82) is 0 Å². The van der Waals surface area contributed by atoms with Gasteiger partial charge in [-0.1, -0.05) is 49.4 Å². The van der Waals surface area contributed by atoms with Crippen LogP contribution in [0.4, 0.5) is 0 Å². The number of rotatable bonds is 4. The third-order valence-corrected chi connectivity index (χ3v) is 4.02. The van der Waals surface area contributed by atoms with Crippen molar-refractivity contribution < 1.29 is 15.0 Å². The van der Waals surface area contributed by atoms with Crippen LogP contribution in [0.1, 0.15) is 35.8 Å². The minimum absolute atomic E-state index is 0.270. The minimum Gasteiger partial charge on any atom is -0.480 e. The maximum atomic E-state index is 10.5. The number of aliphatic hydroxyl groups is 1. The fourth-order valence-electron chi connectivity index (χ4n) is 2.94. The van der Waals surface area contributed by atoms with Crippen LogP contribution in [0.5, 0.6) is 0 Å². The van der Waals surface area contributed by atoms with Gasteiger partial charge in [-0.2, -0.15) is 0 Å². The molecule has 0 saturated carbocycles. The average Bonchev–Trinajstić information content (AvgIpc) is 2.78. The number of carboxylic acids is 1. The zero-order chi connectivity index (χ0) is 15.0. The van der Waals surface area contributed by atoms with Gasteiger partial charge in [-0.15, -0.1) is 0 Å². The molecule has 0 saturated heterocycles. The summed E-state index contributed by atoms with van der Waals surface area (Å²) >= 11 is 0. The summed E-state index contributed by atoms with van der Waals surface area (Å²) in [6.45, 7) is 1.87. The van der Waals surface area contributed by atoms with Crippen LogP contribution in [0.2, 0.25) is 0 Å². The van der Waals surface area contributed by atoms with Crippen molar-refractivity contribution >= 4 is 5.97 Å². The van der Waals surface area contributed by atoms with Crippen molar-refractivity contribution in [2.45, 2.75) is 19.1 Å². The van der Waals surface area contributed by atoms with Gasteiger partial charge in [0.05, 0.1) is 6.54 Å². The van der Waals surface area contributed by atoms with Crippen LogP contribution in [-0.2, 0) is 4.79 Å². The Balaban J connectivity index is 1.92. The van der Waals surface area contributed by atoms with E-state index in [9.17, 15) is 9.90 Å². The number of carboxylic acid groups (broad SMARTS) is 1. The number of hydrogen-bond donors (Lipinski definition) is 3. The van der Waals surface area contributed by atoms with E-state index >= 15 is 0 Å². The first-order chi connectivity index (χ1) is 10.1. The highest BCUT2D eigenvalue weighted by molar-refractivity contribution is 5.79. The first kappa shape index (κ1) is 13.8. The van der Waals surface area contributed by atoms with Crippen molar-refractivity contribution in [2.24, 2.45) is 0 Å². The van der Waals surface area contributed by atoms with Crippen LogP contribution in [0.15, 0.2) is 42.5 Å². The number of carbonyl (C=O) groups is 1. The highest BCUT2D eigenvalue weighted by Gasteiger charge is 2.25. The van der Waals surface area contributed by atoms with Gasteiger partial charge in [-0.25, -0.2) is 0 Å². The minimum atomic E-state index is -0.990. The molecule has 2 unspecified atom stereocenters. The van der Waals surface area contributed by atoms with Crippen molar-refractivity contribution in [2.75, 3.05) is 6.54 Å². The highest BCUT2D eigenvalue weighted by Crippen LogP contribution is 2.44. The third kappa shape index (κ3) is 2.44. The van der Waals surface area contributed by atoms with Gasteiger partial charge < -0.3 is 10.2 Å². The van der Waals surface area contributed by atoms with Crippen LogP contribution >= 0.6 is 0 Å². The predicted molar refractivity (Wildman–Crippen MR) is 80.0 cm³/mol. The standard InChI is InChI=1S/C17H17NO3/c1-10-12-4-2-3-5-13(12)14-7-6-11(8-15(10)14)17(21)18-9-16(19)20/h2-8,10,17-18,21H,9H2,1H3,(H,19,20).